The summed E-state index contributed by atoms with van der Waals surface area (Å²) in [5, 5.41) is 18.4. The van der Waals surface area contributed by atoms with Gasteiger partial charge in [0.1, 0.15) is 5.54 Å². The number of H-pyrrole nitrogens is 1. The van der Waals surface area contributed by atoms with E-state index < -0.39 is 35.1 Å². The predicted molar refractivity (Wildman–Crippen MR) is 57.9 cm³/mol. The highest BCUT2D eigenvalue weighted by molar-refractivity contribution is 5.78. The van der Waals surface area contributed by atoms with Crippen LogP contribution in [-0.4, -0.2) is 31.3 Å². The molecule has 0 bridgehead atoms. The van der Waals surface area contributed by atoms with Crippen LogP contribution in [-0.2, 0) is 18.3 Å². The van der Waals surface area contributed by atoms with Gasteiger partial charge in [0.15, 0.2) is 0 Å². The minimum absolute atomic E-state index is 0.237. The molecule has 8 nitrogen and oxygen atoms in total. The van der Waals surface area contributed by atoms with Crippen molar-refractivity contribution in [3.63, 3.8) is 0 Å². The van der Waals surface area contributed by atoms with E-state index in [0.29, 0.717) is 0 Å². The van der Waals surface area contributed by atoms with Crippen LogP contribution in [0.2, 0.25) is 0 Å². The van der Waals surface area contributed by atoms with Crippen LogP contribution in [0.5, 0.6) is 5.88 Å². The van der Waals surface area contributed by atoms with E-state index in [-0.39, 0.29) is 5.56 Å². The lowest BCUT2D eigenvalue weighted by molar-refractivity contribution is -0.142. The second-order valence-corrected chi connectivity index (χ2v) is 4.02. The number of nitrogens with one attached hydrogen (secondary N) is 1. The first kappa shape index (κ1) is 13.0. The Balaban J connectivity index is 3.35. The van der Waals surface area contributed by atoms with Crippen LogP contribution >= 0.6 is 0 Å². The summed E-state index contributed by atoms with van der Waals surface area (Å²) in [7, 11) is 1.24. The van der Waals surface area contributed by atoms with E-state index in [4.69, 9.17) is 10.8 Å². The molecule has 0 aliphatic heterocycles. The number of aromatic nitrogens is 2. The molecule has 1 aromatic heterocycles. The number of hydrogen-bond acceptors (Lipinski definition) is 5. The van der Waals surface area contributed by atoms with E-state index in [1.165, 1.54) is 14.0 Å². The van der Waals surface area contributed by atoms with Crippen LogP contribution in [0.4, 0.5) is 0 Å². The Bertz CT molecular complexity index is 569. The Labute approximate surface area is 95.3 Å². The monoisotopic (exact) mass is 243 g/mol. The number of aromatic hydroxyl groups is 1. The Morgan fingerprint density at radius 2 is 2.06 bits per heavy atom. The quantitative estimate of drug-likeness (QED) is 0.490. The molecule has 0 saturated carbocycles. The number of carboxylic acid groups (broad SMARTS) is 1. The van der Waals surface area contributed by atoms with E-state index in [0.717, 1.165) is 4.57 Å². The van der Waals surface area contributed by atoms with Gasteiger partial charge in [-0.15, -0.1) is 0 Å². The zero-order valence-electron chi connectivity index (χ0n) is 9.35. The summed E-state index contributed by atoms with van der Waals surface area (Å²) in [4.78, 5) is 35.3. The third-order valence-corrected chi connectivity index (χ3v) is 2.42. The molecule has 8 heteroatoms. The van der Waals surface area contributed by atoms with E-state index in [9.17, 15) is 19.5 Å². The van der Waals surface area contributed by atoms with Crippen molar-refractivity contribution in [3.05, 3.63) is 26.4 Å². The smallest absolute Gasteiger partial charge is 0.330 e. The fourth-order valence-electron chi connectivity index (χ4n) is 1.26. The fourth-order valence-corrected chi connectivity index (χ4v) is 1.26. The van der Waals surface area contributed by atoms with Crippen LogP contribution in [0.15, 0.2) is 9.59 Å². The summed E-state index contributed by atoms with van der Waals surface area (Å²) in [5.41, 5.74) is 1.89. The standard InChI is InChI=1S/C9H13N3O5/c1-9(10,7(15)16)3-4-5(13)11-8(17)12(2)6(4)14/h14H,3,10H2,1-2H3,(H,15,16)(H,11,13,17). The van der Waals surface area contributed by atoms with Crippen LogP contribution in [0.3, 0.4) is 0 Å². The molecule has 0 spiro atoms. The van der Waals surface area contributed by atoms with Gasteiger partial charge >= 0.3 is 11.7 Å². The Kier molecular flexibility index (Phi) is 3.10. The number of aliphatic carboxylic acids is 1. The van der Waals surface area contributed by atoms with Crippen molar-refractivity contribution in [2.45, 2.75) is 18.9 Å². The molecule has 0 radical (unpaired) electrons. The molecule has 94 valence electrons. The lowest BCUT2D eigenvalue weighted by Gasteiger charge is -2.19. The maximum absolute atomic E-state index is 11.4. The minimum atomic E-state index is -1.71. The molecule has 1 aromatic rings. The maximum Gasteiger partial charge on any atom is 0.330 e. The van der Waals surface area contributed by atoms with Gasteiger partial charge in [-0.25, -0.2) is 4.79 Å². The van der Waals surface area contributed by atoms with Crippen molar-refractivity contribution in [2.24, 2.45) is 12.8 Å². The summed E-state index contributed by atoms with van der Waals surface area (Å²) in [6.45, 7) is 1.21. The number of rotatable bonds is 3. The first-order valence-electron chi connectivity index (χ1n) is 4.70. The minimum Gasteiger partial charge on any atom is -0.494 e. The van der Waals surface area contributed by atoms with Crippen LogP contribution in [0.25, 0.3) is 0 Å². The highest BCUT2D eigenvalue weighted by Gasteiger charge is 2.31. The van der Waals surface area contributed by atoms with Gasteiger partial charge in [0, 0.05) is 13.5 Å². The topological polar surface area (TPSA) is 138 Å². The van der Waals surface area contributed by atoms with Gasteiger partial charge in [-0.05, 0) is 6.92 Å². The van der Waals surface area contributed by atoms with Gasteiger partial charge in [0.05, 0.1) is 5.56 Å². The predicted octanol–water partition coefficient (Wildman–Crippen LogP) is -1.88. The molecular formula is C9H13N3O5. The van der Waals surface area contributed by atoms with Crippen molar-refractivity contribution in [1.29, 1.82) is 0 Å². The van der Waals surface area contributed by atoms with E-state index in [1.54, 1.807) is 0 Å². The molecule has 5 N–H and O–H groups in total. The van der Waals surface area contributed by atoms with Crippen LogP contribution < -0.4 is 17.0 Å². The SMILES string of the molecule is Cn1c(O)c(CC(C)(N)C(=O)O)c(=O)[nH]c1=O. The van der Waals surface area contributed by atoms with Gasteiger partial charge in [-0.3, -0.25) is 19.1 Å². The van der Waals surface area contributed by atoms with E-state index >= 15 is 0 Å². The molecule has 1 atom stereocenters. The zero-order valence-corrected chi connectivity index (χ0v) is 9.35. The second-order valence-electron chi connectivity index (χ2n) is 4.02. The van der Waals surface area contributed by atoms with Gasteiger partial charge in [-0.1, -0.05) is 0 Å². The van der Waals surface area contributed by atoms with Crippen molar-refractivity contribution >= 4 is 5.97 Å². The molecule has 0 aromatic carbocycles. The highest BCUT2D eigenvalue weighted by Crippen LogP contribution is 2.15. The summed E-state index contributed by atoms with van der Waals surface area (Å²) in [5.74, 6) is -1.90. The van der Waals surface area contributed by atoms with E-state index in [1.807, 2.05) is 4.98 Å². The van der Waals surface area contributed by atoms with Gasteiger partial charge < -0.3 is 15.9 Å². The van der Waals surface area contributed by atoms with E-state index in [2.05, 4.69) is 0 Å². The molecule has 1 unspecified atom stereocenters. The number of nitrogens with zero attached hydrogens (tertiary/aromatic N) is 1. The van der Waals surface area contributed by atoms with Crippen LogP contribution in [0.1, 0.15) is 12.5 Å². The molecule has 1 heterocycles. The Hall–Kier alpha value is -2.09. The van der Waals surface area contributed by atoms with Gasteiger partial charge in [0.2, 0.25) is 5.88 Å². The second kappa shape index (κ2) is 4.06. The van der Waals surface area contributed by atoms with Crippen molar-refractivity contribution in [1.82, 2.24) is 9.55 Å². The summed E-state index contributed by atoms with van der Waals surface area (Å²) in [6.07, 6.45) is -0.391. The number of hydrogen-bond donors (Lipinski definition) is 4. The first-order valence-corrected chi connectivity index (χ1v) is 4.70. The molecule has 0 aliphatic carbocycles. The van der Waals surface area contributed by atoms with Gasteiger partial charge in [0.25, 0.3) is 5.56 Å². The first-order chi connectivity index (χ1) is 7.66. The highest BCUT2D eigenvalue weighted by atomic mass is 16.4. The normalized spacial score (nSPS) is 14.3. The molecule has 0 amide bonds. The molecule has 1 rings (SSSR count). The average Bonchev–Trinajstić information content (AvgIpc) is 2.21. The Morgan fingerprint density at radius 3 is 2.53 bits per heavy atom. The summed E-state index contributed by atoms with van der Waals surface area (Å²) < 4.78 is 0.800. The fraction of sp³-hybridized carbons (Fsp3) is 0.444. The van der Waals surface area contributed by atoms with Crippen molar-refractivity contribution < 1.29 is 15.0 Å². The third-order valence-electron chi connectivity index (χ3n) is 2.42. The average molecular weight is 243 g/mol. The number of carboxylic acids is 1. The number of aromatic amines is 1. The largest absolute Gasteiger partial charge is 0.494 e. The Morgan fingerprint density at radius 1 is 1.53 bits per heavy atom. The van der Waals surface area contributed by atoms with Crippen molar-refractivity contribution in [2.75, 3.05) is 0 Å². The molecular weight excluding hydrogens is 230 g/mol. The summed E-state index contributed by atoms with van der Waals surface area (Å²) >= 11 is 0. The molecule has 0 saturated heterocycles. The van der Waals surface area contributed by atoms with Gasteiger partial charge in [-0.2, -0.15) is 0 Å². The molecule has 0 aliphatic rings. The number of carbonyl (C=O) groups is 1. The molecule has 17 heavy (non-hydrogen) atoms. The van der Waals surface area contributed by atoms with Crippen molar-refractivity contribution in [3.8, 4) is 5.88 Å². The summed E-state index contributed by atoms with van der Waals surface area (Å²) in [6, 6.07) is 0. The molecule has 0 fully saturated rings. The zero-order chi connectivity index (χ0) is 13.4. The lowest BCUT2D eigenvalue weighted by Crippen LogP contribution is -2.48. The number of nitrogens with two attached hydrogens (primary N) is 1. The lowest BCUT2D eigenvalue weighted by atomic mass is 9.95. The third kappa shape index (κ3) is 2.36. The maximum atomic E-state index is 11.4. The van der Waals surface area contributed by atoms with Crippen LogP contribution in [0, 0.1) is 0 Å².